The number of benzene rings is 2. The summed E-state index contributed by atoms with van der Waals surface area (Å²) in [5, 5.41) is 23.4. The van der Waals surface area contributed by atoms with E-state index in [-0.39, 0.29) is 18.7 Å². The van der Waals surface area contributed by atoms with Crippen LogP contribution >= 0.6 is 0 Å². The number of carbonyl (C=O) groups is 1. The summed E-state index contributed by atoms with van der Waals surface area (Å²) in [5.74, 6) is -0.548. The van der Waals surface area contributed by atoms with E-state index in [4.69, 9.17) is 5.21 Å². The van der Waals surface area contributed by atoms with Gasteiger partial charge in [-0.1, -0.05) is 36.4 Å². The van der Waals surface area contributed by atoms with E-state index in [0.29, 0.717) is 0 Å². The number of aromatic amines is 1. The van der Waals surface area contributed by atoms with E-state index in [1.807, 2.05) is 24.4 Å². The van der Waals surface area contributed by atoms with E-state index in [2.05, 4.69) is 34.6 Å². The maximum atomic E-state index is 11.2. The Hall–Kier alpha value is -2.93. The summed E-state index contributed by atoms with van der Waals surface area (Å²) in [7, 11) is 0. The van der Waals surface area contributed by atoms with Gasteiger partial charge in [-0.15, -0.1) is 0 Å². The number of amides is 1. The van der Waals surface area contributed by atoms with Crippen molar-refractivity contribution in [2.45, 2.75) is 31.3 Å². The van der Waals surface area contributed by atoms with E-state index in [0.717, 1.165) is 30.3 Å². The van der Waals surface area contributed by atoms with Crippen LogP contribution in [-0.4, -0.2) is 33.9 Å². The number of carbonyl (C=O) groups excluding carboxylic acids is 1. The summed E-state index contributed by atoms with van der Waals surface area (Å²) in [6.07, 6.45) is 7.69. The highest BCUT2D eigenvalue weighted by Crippen LogP contribution is 2.33. The zero-order valence-electron chi connectivity index (χ0n) is 16.1. The van der Waals surface area contributed by atoms with Crippen molar-refractivity contribution in [3.05, 3.63) is 77.0 Å². The van der Waals surface area contributed by atoms with Crippen molar-refractivity contribution >= 4 is 22.9 Å². The van der Waals surface area contributed by atoms with Crippen LogP contribution in [0.5, 0.6) is 0 Å². The quantitative estimate of drug-likeness (QED) is 0.243. The molecule has 0 aliphatic heterocycles. The zero-order chi connectivity index (χ0) is 20.2. The molecular formula is C23H25N3O3. The first-order chi connectivity index (χ1) is 14.2. The minimum Gasteiger partial charge on any atom is -0.395 e. The molecule has 2 atom stereocenters. The summed E-state index contributed by atoms with van der Waals surface area (Å²) in [5.41, 5.74) is 7.32. The number of fused-ring (bicyclic) bond motifs is 2. The number of aliphatic hydroxyl groups is 1. The average molecular weight is 391 g/mol. The highest BCUT2D eigenvalue weighted by atomic mass is 16.5. The van der Waals surface area contributed by atoms with Gasteiger partial charge in [-0.05, 0) is 53.7 Å². The fourth-order valence-electron chi connectivity index (χ4n) is 4.15. The molecule has 6 nitrogen and oxygen atoms in total. The van der Waals surface area contributed by atoms with Crippen molar-refractivity contribution in [2.75, 3.05) is 6.61 Å². The van der Waals surface area contributed by atoms with Gasteiger partial charge in [-0.25, -0.2) is 5.48 Å². The first kappa shape index (κ1) is 19.4. The van der Waals surface area contributed by atoms with E-state index in [1.54, 1.807) is 11.6 Å². The molecule has 1 heterocycles. The van der Waals surface area contributed by atoms with Crippen LogP contribution in [0.1, 0.15) is 34.7 Å². The van der Waals surface area contributed by atoms with Crippen LogP contribution in [0.4, 0.5) is 0 Å². The predicted molar refractivity (Wildman–Crippen MR) is 112 cm³/mol. The Balaban J connectivity index is 1.46. The van der Waals surface area contributed by atoms with Gasteiger partial charge < -0.3 is 15.4 Å². The molecule has 150 valence electrons. The van der Waals surface area contributed by atoms with Crippen LogP contribution in [0.15, 0.2) is 54.7 Å². The largest absolute Gasteiger partial charge is 0.395 e. The fourth-order valence-corrected chi connectivity index (χ4v) is 4.15. The molecule has 1 aromatic heterocycles. The first-order valence-corrected chi connectivity index (χ1v) is 9.85. The molecule has 2 aromatic carbocycles. The monoisotopic (exact) mass is 391 g/mol. The Morgan fingerprint density at radius 3 is 2.97 bits per heavy atom. The molecule has 0 saturated carbocycles. The van der Waals surface area contributed by atoms with Gasteiger partial charge in [0.1, 0.15) is 0 Å². The van der Waals surface area contributed by atoms with Crippen LogP contribution in [0.2, 0.25) is 0 Å². The smallest absolute Gasteiger partial charge is 0.267 e. The highest BCUT2D eigenvalue weighted by molar-refractivity contribution is 5.90. The van der Waals surface area contributed by atoms with Crippen LogP contribution in [-0.2, 0) is 17.6 Å². The van der Waals surface area contributed by atoms with Gasteiger partial charge in [-0.2, -0.15) is 0 Å². The molecule has 0 bridgehead atoms. The first-order valence-electron chi connectivity index (χ1n) is 9.85. The number of aromatic nitrogens is 1. The molecule has 1 amide bonds. The molecule has 1 aliphatic carbocycles. The van der Waals surface area contributed by atoms with Crippen LogP contribution in [0.25, 0.3) is 17.0 Å². The molecule has 6 heteroatoms. The third-order valence-corrected chi connectivity index (χ3v) is 5.58. The molecule has 1 aliphatic rings. The van der Waals surface area contributed by atoms with Crippen molar-refractivity contribution in [2.24, 2.45) is 0 Å². The summed E-state index contributed by atoms with van der Waals surface area (Å²) >= 11 is 0. The second kappa shape index (κ2) is 8.61. The molecule has 0 unspecified atom stereocenters. The second-order valence-corrected chi connectivity index (χ2v) is 7.47. The maximum Gasteiger partial charge on any atom is 0.267 e. The minimum atomic E-state index is -0.548. The van der Waals surface area contributed by atoms with Gasteiger partial charge in [-0.3, -0.25) is 10.0 Å². The van der Waals surface area contributed by atoms with Gasteiger partial charge >= 0.3 is 0 Å². The van der Waals surface area contributed by atoms with Crippen molar-refractivity contribution in [1.29, 1.82) is 0 Å². The van der Waals surface area contributed by atoms with E-state index < -0.39 is 5.91 Å². The van der Waals surface area contributed by atoms with Crippen molar-refractivity contribution in [1.82, 2.24) is 15.8 Å². The number of hydrogen-bond donors (Lipinski definition) is 5. The maximum absolute atomic E-state index is 11.2. The molecular weight excluding hydrogens is 366 g/mol. The lowest BCUT2D eigenvalue weighted by molar-refractivity contribution is -0.124. The number of para-hydroxylation sites is 1. The Morgan fingerprint density at radius 2 is 2.14 bits per heavy atom. The molecule has 5 N–H and O–H groups in total. The summed E-state index contributed by atoms with van der Waals surface area (Å²) in [6, 6.07) is 14.5. The SMILES string of the molecule is O=C(C=Cc1ccc2c(c1)CC[C@H]2N[C@H](CO)Cc1c[nH]c2ccccc12)NO. The summed E-state index contributed by atoms with van der Waals surface area (Å²) in [4.78, 5) is 14.5. The number of H-pyrrole nitrogens is 1. The normalized spacial score (nSPS) is 17.0. The van der Waals surface area contributed by atoms with E-state index in [1.165, 1.54) is 28.2 Å². The molecule has 29 heavy (non-hydrogen) atoms. The Morgan fingerprint density at radius 1 is 1.28 bits per heavy atom. The van der Waals surface area contributed by atoms with Crippen LogP contribution in [0.3, 0.4) is 0 Å². The molecule has 0 spiro atoms. The van der Waals surface area contributed by atoms with E-state index >= 15 is 0 Å². The summed E-state index contributed by atoms with van der Waals surface area (Å²) in [6.45, 7) is 0.0719. The highest BCUT2D eigenvalue weighted by Gasteiger charge is 2.25. The number of nitrogens with one attached hydrogen (secondary N) is 3. The van der Waals surface area contributed by atoms with Gasteiger partial charge in [0.15, 0.2) is 0 Å². The molecule has 4 rings (SSSR count). The van der Waals surface area contributed by atoms with Crippen molar-refractivity contribution < 1.29 is 15.1 Å². The Labute approximate surface area is 169 Å². The van der Waals surface area contributed by atoms with Gasteiger partial charge in [0, 0.05) is 35.3 Å². The predicted octanol–water partition coefficient (Wildman–Crippen LogP) is 2.87. The lowest BCUT2D eigenvalue weighted by Gasteiger charge is -2.22. The number of rotatable bonds is 7. The second-order valence-electron chi connectivity index (χ2n) is 7.47. The van der Waals surface area contributed by atoms with Crippen molar-refractivity contribution in [3.63, 3.8) is 0 Å². The average Bonchev–Trinajstić information content (AvgIpc) is 3.35. The standard InChI is InChI=1S/C23H25N3O3/c27-14-18(12-17-13-24-21-4-2-1-3-19(17)21)25-22-9-7-16-11-15(5-8-20(16)22)6-10-23(28)26-29/h1-6,8,10-11,13,18,22,24-25,27,29H,7,9,12,14H2,(H,26,28)/t18-,22+/m0/s1. The fraction of sp³-hybridized carbons (Fsp3) is 0.261. The third kappa shape index (κ3) is 4.24. The number of aryl methyl sites for hydroxylation is 1. The topological polar surface area (TPSA) is 97.4 Å². The molecule has 0 radical (unpaired) electrons. The molecule has 0 fully saturated rings. The Kier molecular flexibility index (Phi) is 5.76. The zero-order valence-corrected chi connectivity index (χ0v) is 16.1. The van der Waals surface area contributed by atoms with Crippen LogP contribution in [0, 0.1) is 0 Å². The van der Waals surface area contributed by atoms with Gasteiger partial charge in [0.2, 0.25) is 0 Å². The lowest BCUT2D eigenvalue weighted by atomic mass is 10.0. The third-order valence-electron chi connectivity index (χ3n) is 5.58. The molecule has 0 saturated heterocycles. The number of hydroxylamine groups is 1. The van der Waals surface area contributed by atoms with Crippen molar-refractivity contribution in [3.8, 4) is 0 Å². The lowest BCUT2D eigenvalue weighted by Crippen LogP contribution is -2.36. The van der Waals surface area contributed by atoms with Crippen LogP contribution < -0.4 is 10.8 Å². The van der Waals surface area contributed by atoms with Gasteiger partial charge in [0.25, 0.3) is 5.91 Å². The number of aliphatic hydroxyl groups excluding tert-OH is 1. The van der Waals surface area contributed by atoms with Gasteiger partial charge in [0.05, 0.1) is 6.61 Å². The van der Waals surface area contributed by atoms with E-state index in [9.17, 15) is 9.90 Å². The number of hydrogen-bond acceptors (Lipinski definition) is 4. The summed E-state index contributed by atoms with van der Waals surface area (Å²) < 4.78 is 0. The minimum absolute atomic E-state index is 0.0296. The molecule has 3 aromatic rings. The Bertz CT molecular complexity index is 1040.